The van der Waals surface area contributed by atoms with E-state index in [-0.39, 0.29) is 29.3 Å². The smallest absolute Gasteiger partial charge is 0.311 e. The summed E-state index contributed by atoms with van der Waals surface area (Å²) in [6.07, 6.45) is 4.57. The Morgan fingerprint density at radius 1 is 1.25 bits per heavy atom. The molecule has 5 heteroatoms. The van der Waals surface area contributed by atoms with Crippen molar-refractivity contribution in [2.24, 2.45) is 23.2 Å². The van der Waals surface area contributed by atoms with Crippen LogP contribution in [-0.2, 0) is 9.53 Å². The summed E-state index contributed by atoms with van der Waals surface area (Å²) < 4.78 is 5.87. The highest BCUT2D eigenvalue weighted by molar-refractivity contribution is 5.76. The van der Waals surface area contributed by atoms with Gasteiger partial charge in [0.15, 0.2) is 0 Å². The van der Waals surface area contributed by atoms with E-state index in [1.807, 2.05) is 0 Å². The van der Waals surface area contributed by atoms with Gasteiger partial charge in [-0.1, -0.05) is 37.6 Å². The van der Waals surface area contributed by atoms with E-state index in [4.69, 9.17) is 4.74 Å². The van der Waals surface area contributed by atoms with E-state index in [0.29, 0.717) is 18.5 Å². The van der Waals surface area contributed by atoms with E-state index in [1.54, 1.807) is 0 Å². The number of benzene rings is 1. The number of allylic oxidation sites excluding steroid dienone is 1. The van der Waals surface area contributed by atoms with E-state index < -0.39 is 6.10 Å². The molecule has 0 unspecified atom stereocenters. The maximum Gasteiger partial charge on any atom is 0.311 e. The molecular weight excluding hydrogens is 400 g/mol. The fraction of sp³-hybridized carbons (Fsp3) is 0.667. The number of aliphatic hydroxyl groups is 1. The number of aryl methyl sites for hydroxylation is 1. The lowest BCUT2D eigenvalue weighted by Gasteiger charge is -2.52. The summed E-state index contributed by atoms with van der Waals surface area (Å²) in [5, 5.41) is 11.6. The minimum atomic E-state index is -0.523. The van der Waals surface area contributed by atoms with Crippen molar-refractivity contribution in [3.8, 4) is 0 Å². The highest BCUT2D eigenvalue weighted by Gasteiger charge is 2.59. The van der Waals surface area contributed by atoms with Crippen LogP contribution in [0.5, 0.6) is 0 Å². The molecule has 5 rings (SSSR count). The first-order valence-corrected chi connectivity index (χ1v) is 12.4. The summed E-state index contributed by atoms with van der Waals surface area (Å²) in [6.45, 7) is 12.4. The number of hydrogen-bond donors (Lipinski definition) is 1. The van der Waals surface area contributed by atoms with Gasteiger partial charge in [-0.2, -0.15) is 0 Å². The molecule has 174 valence electrons. The summed E-state index contributed by atoms with van der Waals surface area (Å²) in [4.78, 5) is 17.8. The van der Waals surface area contributed by atoms with Gasteiger partial charge in [-0.15, -0.1) is 0 Å². The van der Waals surface area contributed by atoms with Gasteiger partial charge in [-0.3, -0.25) is 9.69 Å². The molecule has 7 atom stereocenters. The van der Waals surface area contributed by atoms with Gasteiger partial charge in [0, 0.05) is 55.7 Å². The minimum Gasteiger partial charge on any atom is -0.461 e. The number of hydrogen-bond acceptors (Lipinski definition) is 5. The third kappa shape index (κ3) is 3.49. The monoisotopic (exact) mass is 438 g/mol. The van der Waals surface area contributed by atoms with Gasteiger partial charge in [-0.25, -0.2) is 0 Å². The van der Waals surface area contributed by atoms with E-state index >= 15 is 0 Å². The zero-order chi connectivity index (χ0) is 22.6. The molecule has 32 heavy (non-hydrogen) atoms. The van der Waals surface area contributed by atoms with Crippen molar-refractivity contribution in [2.75, 3.05) is 31.1 Å². The van der Waals surface area contributed by atoms with Gasteiger partial charge in [-0.05, 0) is 50.3 Å². The second-order valence-electron chi connectivity index (χ2n) is 10.9. The van der Waals surface area contributed by atoms with Gasteiger partial charge >= 0.3 is 5.97 Å². The summed E-state index contributed by atoms with van der Waals surface area (Å²) in [5.74, 6) is -0.0217. The quantitative estimate of drug-likeness (QED) is 0.575. The Labute approximate surface area is 192 Å². The van der Waals surface area contributed by atoms with E-state index in [2.05, 4.69) is 67.8 Å². The number of ether oxygens (including phenoxy) is 1. The van der Waals surface area contributed by atoms with Gasteiger partial charge in [0.1, 0.15) is 6.10 Å². The molecule has 0 radical (unpaired) electrons. The zero-order valence-corrected chi connectivity index (χ0v) is 20.0. The first kappa shape index (κ1) is 22.0. The number of carbonyl (C=O) groups is 1. The molecule has 1 N–H and O–H groups in total. The Hall–Kier alpha value is -1.85. The lowest BCUT2D eigenvalue weighted by atomic mass is 9.55. The summed E-state index contributed by atoms with van der Waals surface area (Å²) >= 11 is 0. The van der Waals surface area contributed by atoms with Crippen molar-refractivity contribution in [3.05, 3.63) is 41.5 Å². The normalized spacial score (nSPS) is 39.8. The molecular formula is C27H38N2O3. The maximum absolute atomic E-state index is 13.0. The molecule has 2 heterocycles. The summed E-state index contributed by atoms with van der Waals surface area (Å²) in [6, 6.07) is 9.07. The van der Waals surface area contributed by atoms with Crippen LogP contribution in [0.3, 0.4) is 0 Å². The second-order valence-corrected chi connectivity index (χ2v) is 10.9. The predicted octanol–water partition coefficient (Wildman–Crippen LogP) is 3.79. The molecule has 0 amide bonds. The van der Waals surface area contributed by atoms with Crippen molar-refractivity contribution in [2.45, 2.75) is 65.2 Å². The highest BCUT2D eigenvalue weighted by Crippen LogP contribution is 2.56. The van der Waals surface area contributed by atoms with Crippen LogP contribution >= 0.6 is 0 Å². The molecule has 0 aromatic heterocycles. The Kier molecular flexibility index (Phi) is 5.61. The predicted molar refractivity (Wildman–Crippen MR) is 126 cm³/mol. The Morgan fingerprint density at radius 2 is 2.06 bits per heavy atom. The van der Waals surface area contributed by atoms with E-state index in [1.165, 1.54) is 16.8 Å². The van der Waals surface area contributed by atoms with Gasteiger partial charge < -0.3 is 14.7 Å². The van der Waals surface area contributed by atoms with Gasteiger partial charge in [0.2, 0.25) is 0 Å². The maximum atomic E-state index is 13.0. The number of fused-ring (bicyclic) bond motifs is 2. The largest absolute Gasteiger partial charge is 0.461 e. The van der Waals surface area contributed by atoms with Crippen molar-refractivity contribution in [3.63, 3.8) is 0 Å². The molecule has 1 aromatic carbocycles. The first-order valence-electron chi connectivity index (χ1n) is 12.4. The van der Waals surface area contributed by atoms with Crippen LogP contribution in [0.15, 0.2) is 35.9 Å². The lowest BCUT2D eigenvalue weighted by Crippen LogP contribution is -2.56. The fourth-order valence-electron chi connectivity index (χ4n) is 6.94. The molecule has 1 saturated carbocycles. The average Bonchev–Trinajstić information content (AvgIpc) is 3.05. The third-order valence-electron chi connectivity index (χ3n) is 9.07. The number of nitrogens with zero attached hydrogens (tertiary/aromatic N) is 2. The number of rotatable bonds is 3. The number of carbonyl (C=O) groups excluding carboxylic acids is 1. The lowest BCUT2D eigenvalue weighted by molar-refractivity contribution is -0.145. The van der Waals surface area contributed by atoms with Crippen LogP contribution in [0.4, 0.5) is 5.69 Å². The van der Waals surface area contributed by atoms with Crippen LogP contribution in [0.1, 0.15) is 45.6 Å². The molecule has 2 aliphatic heterocycles. The summed E-state index contributed by atoms with van der Waals surface area (Å²) in [7, 11) is 0. The van der Waals surface area contributed by atoms with Crippen molar-refractivity contribution >= 4 is 11.7 Å². The first-order chi connectivity index (χ1) is 15.3. The zero-order valence-electron chi connectivity index (χ0n) is 20.0. The van der Waals surface area contributed by atoms with Crippen LogP contribution in [0, 0.1) is 30.1 Å². The third-order valence-corrected chi connectivity index (χ3v) is 9.07. The molecule has 1 aromatic rings. The molecule has 2 aliphatic carbocycles. The van der Waals surface area contributed by atoms with Crippen molar-refractivity contribution in [1.29, 1.82) is 0 Å². The molecule has 4 aliphatic rings. The number of aliphatic hydroxyl groups excluding tert-OH is 1. The Morgan fingerprint density at radius 3 is 2.81 bits per heavy atom. The molecule has 0 bridgehead atoms. The molecule has 2 saturated heterocycles. The van der Waals surface area contributed by atoms with Crippen LogP contribution in [-0.4, -0.2) is 60.4 Å². The molecule has 3 fully saturated rings. The topological polar surface area (TPSA) is 53.0 Å². The van der Waals surface area contributed by atoms with E-state index in [0.717, 1.165) is 38.9 Å². The highest BCUT2D eigenvalue weighted by atomic mass is 16.6. The van der Waals surface area contributed by atoms with Gasteiger partial charge in [0.25, 0.3) is 0 Å². The minimum absolute atomic E-state index is 0.102. The SMILES string of the molecule is Cc1cccc(N2CCN(C[C@@H]3C(=O)O[C@@H]4CC5=CCC[C@H](C)[C@@]5(C)[C@H](O)[C@H]34)C[C@H]2C)c1. The van der Waals surface area contributed by atoms with Crippen LogP contribution < -0.4 is 4.90 Å². The molecule has 0 spiro atoms. The number of anilines is 1. The van der Waals surface area contributed by atoms with E-state index in [9.17, 15) is 9.90 Å². The van der Waals surface area contributed by atoms with Crippen LogP contribution in [0.2, 0.25) is 0 Å². The summed E-state index contributed by atoms with van der Waals surface area (Å²) in [5.41, 5.74) is 3.63. The van der Waals surface area contributed by atoms with Gasteiger partial charge in [0.05, 0.1) is 12.0 Å². The Balaban J connectivity index is 1.30. The average molecular weight is 439 g/mol. The number of piperazine rings is 1. The second kappa shape index (κ2) is 8.18. The standard InChI is InChI=1S/C27H38N2O3/c1-17-7-5-10-21(13-17)29-12-11-28(15-19(29)3)16-22-24-23(32-26(22)31)14-20-9-6-8-18(2)27(20,4)25(24)30/h5,7,9-10,13,18-19,22-25,30H,6,8,11-12,14-16H2,1-4H3/t18-,19+,22-,23+,24+,25+,27+/m0/s1. The van der Waals surface area contributed by atoms with Crippen molar-refractivity contribution in [1.82, 2.24) is 4.90 Å². The van der Waals surface area contributed by atoms with Crippen LogP contribution in [0.25, 0.3) is 0 Å². The molecule has 5 nitrogen and oxygen atoms in total. The fourth-order valence-corrected chi connectivity index (χ4v) is 6.94. The Bertz CT molecular complexity index is 914. The number of esters is 1. The van der Waals surface area contributed by atoms with Crippen molar-refractivity contribution < 1.29 is 14.6 Å².